The molecule has 0 saturated carbocycles. The van der Waals surface area contributed by atoms with Gasteiger partial charge in [0, 0.05) is 18.0 Å². The molecule has 5 nitrogen and oxygen atoms in total. The standard InChI is InChI=1S/C28H24N4O/c1-20-11-13-23(14-12-20)32-28(30-15-4-5-16-30)25-18-31(19-26(25)29-32)27(33)17-22-9-6-8-21-7-2-3-10-24(21)22/h2-16H,17-19H2,1H3. The normalized spacial score (nSPS) is 12.9. The monoisotopic (exact) mass is 432 g/mol. The van der Waals surface area contributed by atoms with Crippen molar-refractivity contribution in [3.8, 4) is 11.5 Å². The van der Waals surface area contributed by atoms with Crippen LogP contribution in [-0.2, 0) is 24.3 Å². The maximum absolute atomic E-state index is 13.3. The van der Waals surface area contributed by atoms with Crippen LogP contribution in [0.4, 0.5) is 0 Å². The lowest BCUT2D eigenvalue weighted by atomic mass is 10.0. The van der Waals surface area contributed by atoms with Crippen molar-refractivity contribution in [1.29, 1.82) is 0 Å². The maximum atomic E-state index is 13.3. The fourth-order valence-electron chi connectivity index (χ4n) is 4.71. The number of benzene rings is 3. The first-order valence-electron chi connectivity index (χ1n) is 11.2. The van der Waals surface area contributed by atoms with Gasteiger partial charge in [0.15, 0.2) is 0 Å². The highest BCUT2D eigenvalue weighted by Gasteiger charge is 2.31. The molecular formula is C28H24N4O. The van der Waals surface area contributed by atoms with Crippen LogP contribution in [0.5, 0.6) is 0 Å². The first kappa shape index (κ1) is 19.6. The molecule has 0 unspecified atom stereocenters. The Balaban J connectivity index is 1.32. The number of fused-ring (bicyclic) bond motifs is 2. The third kappa shape index (κ3) is 3.42. The van der Waals surface area contributed by atoms with Gasteiger partial charge in [0.05, 0.1) is 30.9 Å². The minimum Gasteiger partial charge on any atom is -0.332 e. The molecule has 0 spiro atoms. The summed E-state index contributed by atoms with van der Waals surface area (Å²) in [6.07, 6.45) is 4.45. The summed E-state index contributed by atoms with van der Waals surface area (Å²) in [5.74, 6) is 1.13. The van der Waals surface area contributed by atoms with Gasteiger partial charge in [0.25, 0.3) is 0 Å². The van der Waals surface area contributed by atoms with E-state index < -0.39 is 0 Å². The predicted octanol–water partition coefficient (Wildman–Crippen LogP) is 5.21. The van der Waals surface area contributed by atoms with E-state index in [1.165, 1.54) is 5.56 Å². The van der Waals surface area contributed by atoms with Crippen molar-refractivity contribution in [1.82, 2.24) is 19.2 Å². The fourth-order valence-corrected chi connectivity index (χ4v) is 4.71. The molecule has 162 valence electrons. The number of amides is 1. The molecule has 5 heteroatoms. The number of hydrogen-bond donors (Lipinski definition) is 0. The molecule has 1 aliphatic heterocycles. The molecule has 3 aromatic carbocycles. The van der Waals surface area contributed by atoms with Gasteiger partial charge in [-0.1, -0.05) is 60.2 Å². The number of carbonyl (C=O) groups is 1. The van der Waals surface area contributed by atoms with Crippen molar-refractivity contribution in [3.05, 3.63) is 114 Å². The SMILES string of the molecule is Cc1ccc(-n2nc3c(c2-n2cccc2)CN(C(=O)Cc2cccc4ccccc24)C3)cc1. The Bertz CT molecular complexity index is 1460. The second-order valence-electron chi connectivity index (χ2n) is 8.65. The molecule has 2 aromatic heterocycles. The van der Waals surface area contributed by atoms with Gasteiger partial charge in [-0.3, -0.25) is 4.79 Å². The van der Waals surface area contributed by atoms with Crippen molar-refractivity contribution in [3.63, 3.8) is 0 Å². The van der Waals surface area contributed by atoms with E-state index in [0.29, 0.717) is 19.5 Å². The minimum absolute atomic E-state index is 0.129. The van der Waals surface area contributed by atoms with Gasteiger partial charge in [-0.05, 0) is 47.5 Å². The zero-order chi connectivity index (χ0) is 22.4. The predicted molar refractivity (Wildman–Crippen MR) is 130 cm³/mol. The van der Waals surface area contributed by atoms with Crippen LogP contribution in [0.2, 0.25) is 0 Å². The molecule has 0 aliphatic carbocycles. The van der Waals surface area contributed by atoms with E-state index in [-0.39, 0.29) is 5.91 Å². The summed E-state index contributed by atoms with van der Waals surface area (Å²) < 4.78 is 4.08. The van der Waals surface area contributed by atoms with Gasteiger partial charge in [-0.2, -0.15) is 5.10 Å². The van der Waals surface area contributed by atoms with E-state index in [1.807, 2.05) is 52.3 Å². The molecule has 6 rings (SSSR count). The average molecular weight is 433 g/mol. The third-order valence-electron chi connectivity index (χ3n) is 6.43. The summed E-state index contributed by atoms with van der Waals surface area (Å²) in [5, 5.41) is 7.24. The molecule has 0 fully saturated rings. The molecule has 3 heterocycles. The molecule has 5 aromatic rings. The molecule has 1 amide bonds. The van der Waals surface area contributed by atoms with Gasteiger partial charge in [-0.15, -0.1) is 0 Å². The number of nitrogens with zero attached hydrogens (tertiary/aromatic N) is 4. The van der Waals surface area contributed by atoms with Crippen molar-refractivity contribution in [2.45, 2.75) is 26.4 Å². The molecule has 0 atom stereocenters. The van der Waals surface area contributed by atoms with Crippen LogP contribution >= 0.6 is 0 Å². The lowest BCUT2D eigenvalue weighted by Crippen LogP contribution is -2.28. The Morgan fingerprint density at radius 1 is 0.879 bits per heavy atom. The Kier molecular flexibility index (Phi) is 4.61. The quantitative estimate of drug-likeness (QED) is 0.391. The lowest BCUT2D eigenvalue weighted by Gasteiger charge is -2.18. The second kappa shape index (κ2) is 7.78. The van der Waals surface area contributed by atoms with Crippen molar-refractivity contribution in [2.24, 2.45) is 0 Å². The van der Waals surface area contributed by atoms with Crippen molar-refractivity contribution >= 4 is 16.7 Å². The third-order valence-corrected chi connectivity index (χ3v) is 6.43. The zero-order valence-electron chi connectivity index (χ0n) is 18.5. The van der Waals surface area contributed by atoms with E-state index in [2.05, 4.69) is 60.0 Å². The minimum atomic E-state index is 0.129. The molecule has 0 bridgehead atoms. The van der Waals surface area contributed by atoms with Gasteiger partial charge in [0.2, 0.25) is 5.91 Å². The summed E-state index contributed by atoms with van der Waals surface area (Å²) in [4.78, 5) is 15.2. The number of carbonyl (C=O) groups excluding carboxylic acids is 1. The molecule has 1 aliphatic rings. The van der Waals surface area contributed by atoms with Crippen LogP contribution in [0.15, 0.2) is 91.3 Å². The maximum Gasteiger partial charge on any atom is 0.227 e. The van der Waals surface area contributed by atoms with E-state index >= 15 is 0 Å². The Morgan fingerprint density at radius 2 is 1.64 bits per heavy atom. The molecule has 0 radical (unpaired) electrons. The van der Waals surface area contributed by atoms with E-state index in [9.17, 15) is 4.79 Å². The smallest absolute Gasteiger partial charge is 0.227 e. The van der Waals surface area contributed by atoms with Crippen LogP contribution in [0.25, 0.3) is 22.3 Å². The number of hydrogen-bond acceptors (Lipinski definition) is 2. The van der Waals surface area contributed by atoms with Crippen LogP contribution in [0.3, 0.4) is 0 Å². The first-order valence-corrected chi connectivity index (χ1v) is 11.2. The summed E-state index contributed by atoms with van der Waals surface area (Å²) in [6, 6.07) is 26.8. The van der Waals surface area contributed by atoms with Crippen LogP contribution in [0.1, 0.15) is 22.4 Å². The van der Waals surface area contributed by atoms with Crippen molar-refractivity contribution in [2.75, 3.05) is 0 Å². The number of aryl methyl sites for hydroxylation is 1. The van der Waals surface area contributed by atoms with Crippen molar-refractivity contribution < 1.29 is 4.79 Å². The summed E-state index contributed by atoms with van der Waals surface area (Å²) >= 11 is 0. The number of rotatable bonds is 4. The first-order chi connectivity index (χ1) is 16.2. The highest BCUT2D eigenvalue weighted by atomic mass is 16.2. The van der Waals surface area contributed by atoms with Gasteiger partial charge < -0.3 is 9.47 Å². The van der Waals surface area contributed by atoms with Crippen LogP contribution < -0.4 is 0 Å². The highest BCUT2D eigenvalue weighted by molar-refractivity contribution is 5.90. The summed E-state index contributed by atoms with van der Waals surface area (Å²) in [5.41, 5.74) is 5.38. The topological polar surface area (TPSA) is 43.1 Å². The molecule has 0 N–H and O–H groups in total. The average Bonchev–Trinajstić information content (AvgIpc) is 3.56. The summed E-state index contributed by atoms with van der Waals surface area (Å²) in [7, 11) is 0. The highest BCUT2D eigenvalue weighted by Crippen LogP contribution is 2.31. The largest absolute Gasteiger partial charge is 0.332 e. The van der Waals surface area contributed by atoms with E-state index in [4.69, 9.17) is 5.10 Å². The molecular weight excluding hydrogens is 408 g/mol. The lowest BCUT2D eigenvalue weighted by molar-refractivity contribution is -0.131. The van der Waals surface area contributed by atoms with Gasteiger partial charge >= 0.3 is 0 Å². The Hall–Kier alpha value is -4.12. The zero-order valence-corrected chi connectivity index (χ0v) is 18.5. The van der Waals surface area contributed by atoms with E-state index in [1.54, 1.807) is 0 Å². The summed E-state index contributed by atoms with van der Waals surface area (Å²) in [6.45, 7) is 3.18. The molecule has 0 saturated heterocycles. The van der Waals surface area contributed by atoms with Gasteiger partial charge in [-0.25, -0.2) is 4.68 Å². The van der Waals surface area contributed by atoms with Crippen LogP contribution in [-0.4, -0.2) is 25.2 Å². The molecule has 33 heavy (non-hydrogen) atoms. The van der Waals surface area contributed by atoms with Crippen LogP contribution in [0, 0.1) is 6.92 Å². The Labute approximate surface area is 192 Å². The van der Waals surface area contributed by atoms with E-state index in [0.717, 1.165) is 39.1 Å². The number of aromatic nitrogens is 3. The fraction of sp³-hybridized carbons (Fsp3) is 0.143. The van der Waals surface area contributed by atoms with Gasteiger partial charge in [0.1, 0.15) is 5.82 Å². The Morgan fingerprint density at radius 3 is 2.45 bits per heavy atom. The second-order valence-corrected chi connectivity index (χ2v) is 8.65.